The van der Waals surface area contributed by atoms with Gasteiger partial charge in [-0.3, -0.25) is 0 Å². The number of ether oxygens (including phenoxy) is 2. The lowest BCUT2D eigenvalue weighted by Gasteiger charge is -2.18. The summed E-state index contributed by atoms with van der Waals surface area (Å²) in [5.74, 6) is -3.63. The monoisotopic (exact) mass is 296 g/mol. The van der Waals surface area contributed by atoms with Crippen LogP contribution in [-0.4, -0.2) is 37.8 Å². The van der Waals surface area contributed by atoms with E-state index in [9.17, 15) is 22.7 Å². The highest BCUT2D eigenvalue weighted by atomic mass is 19.3. The van der Waals surface area contributed by atoms with E-state index in [-0.39, 0.29) is 0 Å². The Kier molecular flexibility index (Phi) is 5.76. The molecular weight excluding hydrogens is 280 g/mol. The summed E-state index contributed by atoms with van der Waals surface area (Å²) >= 11 is 0. The number of benzene rings is 1. The fourth-order valence-electron chi connectivity index (χ4n) is 1.61. The molecule has 0 bridgehead atoms. The van der Waals surface area contributed by atoms with Crippen molar-refractivity contribution in [2.24, 2.45) is 0 Å². The van der Waals surface area contributed by atoms with Crippen molar-refractivity contribution in [1.29, 1.82) is 0 Å². The molecule has 114 valence electrons. The predicted molar refractivity (Wildman–Crippen MR) is 64.5 cm³/mol. The van der Waals surface area contributed by atoms with Gasteiger partial charge in [0.15, 0.2) is 0 Å². The summed E-state index contributed by atoms with van der Waals surface area (Å²) in [7, 11) is 1.49. The summed E-state index contributed by atoms with van der Waals surface area (Å²) in [5.41, 5.74) is 1.15. The third-order valence-electron chi connectivity index (χ3n) is 2.73. The molecule has 1 atom stereocenters. The average molecular weight is 296 g/mol. The van der Waals surface area contributed by atoms with Gasteiger partial charge in [0, 0.05) is 0 Å². The van der Waals surface area contributed by atoms with E-state index in [0.29, 0.717) is 16.9 Å². The van der Waals surface area contributed by atoms with Crippen LogP contribution in [0.4, 0.5) is 17.6 Å². The number of aryl methyl sites for hydroxylation is 1. The van der Waals surface area contributed by atoms with Crippen molar-refractivity contribution in [2.75, 3.05) is 20.3 Å². The molecule has 0 aliphatic rings. The average Bonchev–Trinajstić information content (AvgIpc) is 2.37. The first-order valence-electron chi connectivity index (χ1n) is 5.84. The molecule has 1 N–H and O–H groups in total. The summed E-state index contributed by atoms with van der Waals surface area (Å²) in [6, 6.07) is 4.82. The lowest BCUT2D eigenvalue weighted by molar-refractivity contribution is -0.170. The third-order valence-corrected chi connectivity index (χ3v) is 2.73. The van der Waals surface area contributed by atoms with Crippen molar-refractivity contribution in [3.63, 3.8) is 0 Å². The number of halogens is 4. The maximum atomic E-state index is 12.6. The van der Waals surface area contributed by atoms with Gasteiger partial charge in [-0.15, -0.1) is 0 Å². The van der Waals surface area contributed by atoms with E-state index in [1.54, 1.807) is 25.1 Å². The van der Waals surface area contributed by atoms with Crippen LogP contribution in [0.5, 0.6) is 5.75 Å². The van der Waals surface area contributed by atoms with Crippen LogP contribution >= 0.6 is 0 Å². The minimum atomic E-state index is -4.21. The van der Waals surface area contributed by atoms with Gasteiger partial charge in [0.05, 0.1) is 13.7 Å². The Morgan fingerprint density at radius 2 is 1.95 bits per heavy atom. The second kappa shape index (κ2) is 6.90. The highest BCUT2D eigenvalue weighted by molar-refractivity contribution is 5.36. The van der Waals surface area contributed by atoms with Crippen molar-refractivity contribution in [1.82, 2.24) is 0 Å². The first-order chi connectivity index (χ1) is 9.27. The van der Waals surface area contributed by atoms with Crippen LogP contribution in [0.25, 0.3) is 0 Å². The Balaban J connectivity index is 2.57. The maximum Gasteiger partial charge on any atom is 0.330 e. The van der Waals surface area contributed by atoms with Crippen LogP contribution < -0.4 is 4.74 Å². The molecule has 0 spiro atoms. The van der Waals surface area contributed by atoms with Crippen LogP contribution in [0, 0.1) is 6.92 Å². The molecule has 0 aliphatic carbocycles. The molecule has 0 aromatic heterocycles. The van der Waals surface area contributed by atoms with E-state index in [1.807, 2.05) is 0 Å². The zero-order valence-corrected chi connectivity index (χ0v) is 11.1. The number of rotatable bonds is 7. The summed E-state index contributed by atoms with van der Waals surface area (Å²) in [4.78, 5) is 0. The quantitative estimate of drug-likeness (QED) is 0.786. The van der Waals surface area contributed by atoms with Crippen LogP contribution in [0.1, 0.15) is 17.2 Å². The molecule has 0 heterocycles. The normalized spacial score (nSPS) is 13.6. The zero-order chi connectivity index (χ0) is 15.3. The van der Waals surface area contributed by atoms with Gasteiger partial charge in [-0.1, -0.05) is 6.07 Å². The van der Waals surface area contributed by atoms with Crippen LogP contribution in [0.2, 0.25) is 0 Å². The van der Waals surface area contributed by atoms with Crippen LogP contribution in [-0.2, 0) is 4.74 Å². The number of hydrogen-bond acceptors (Lipinski definition) is 3. The minimum Gasteiger partial charge on any atom is -0.497 e. The van der Waals surface area contributed by atoms with Gasteiger partial charge in [-0.05, 0) is 30.2 Å². The highest BCUT2D eigenvalue weighted by Crippen LogP contribution is 2.25. The second-order valence-electron chi connectivity index (χ2n) is 4.32. The molecule has 0 amide bonds. The topological polar surface area (TPSA) is 38.7 Å². The lowest BCUT2D eigenvalue weighted by Crippen LogP contribution is -2.33. The zero-order valence-electron chi connectivity index (χ0n) is 11.1. The molecule has 0 saturated carbocycles. The Morgan fingerprint density at radius 3 is 2.45 bits per heavy atom. The molecule has 1 rings (SSSR count). The van der Waals surface area contributed by atoms with Gasteiger partial charge in [0.25, 0.3) is 0 Å². The van der Waals surface area contributed by atoms with Gasteiger partial charge in [-0.2, -0.15) is 8.78 Å². The second-order valence-corrected chi connectivity index (χ2v) is 4.32. The first-order valence-corrected chi connectivity index (χ1v) is 5.84. The van der Waals surface area contributed by atoms with Gasteiger partial charge < -0.3 is 14.6 Å². The molecule has 1 aromatic rings. The summed E-state index contributed by atoms with van der Waals surface area (Å²) in [5, 5.41) is 9.80. The molecule has 0 fully saturated rings. The summed E-state index contributed by atoms with van der Waals surface area (Å²) in [6.45, 7) is -0.221. The van der Waals surface area contributed by atoms with Crippen LogP contribution in [0.3, 0.4) is 0 Å². The molecule has 0 saturated heterocycles. The molecule has 20 heavy (non-hydrogen) atoms. The highest BCUT2D eigenvalue weighted by Gasteiger charge is 2.41. The Morgan fingerprint density at radius 1 is 1.30 bits per heavy atom. The lowest BCUT2D eigenvalue weighted by atomic mass is 10.0. The molecule has 0 aliphatic heterocycles. The summed E-state index contributed by atoms with van der Waals surface area (Å²) in [6.07, 6.45) is -4.96. The number of hydrogen-bond donors (Lipinski definition) is 1. The Bertz CT molecular complexity index is 438. The van der Waals surface area contributed by atoms with E-state index in [2.05, 4.69) is 4.74 Å². The molecule has 1 unspecified atom stereocenters. The first kappa shape index (κ1) is 16.7. The number of aliphatic hydroxyl groups excluding tert-OH is 1. The van der Waals surface area contributed by atoms with Crippen molar-refractivity contribution in [2.45, 2.75) is 25.4 Å². The number of aliphatic hydroxyl groups is 1. The van der Waals surface area contributed by atoms with E-state index in [0.717, 1.165) is 0 Å². The molecule has 7 heteroatoms. The number of alkyl halides is 4. The third kappa shape index (κ3) is 4.35. The fourth-order valence-corrected chi connectivity index (χ4v) is 1.61. The standard InChI is InChI=1S/C13H16F4O3/c1-8-5-9(19-2)3-4-10(8)11(18)6-20-7-13(16,17)12(14)15/h3-5,11-12,18H,6-7H2,1-2H3. The molecule has 1 aromatic carbocycles. The number of methoxy groups -OCH3 is 1. The van der Waals surface area contributed by atoms with E-state index in [1.165, 1.54) is 7.11 Å². The van der Waals surface area contributed by atoms with Crippen molar-refractivity contribution < 1.29 is 32.1 Å². The fraction of sp³-hybridized carbons (Fsp3) is 0.538. The van der Waals surface area contributed by atoms with Gasteiger partial charge >= 0.3 is 12.3 Å². The Hall–Kier alpha value is -1.34. The maximum absolute atomic E-state index is 12.6. The van der Waals surface area contributed by atoms with Crippen molar-refractivity contribution in [3.8, 4) is 5.75 Å². The van der Waals surface area contributed by atoms with E-state index >= 15 is 0 Å². The minimum absolute atomic E-state index is 0.464. The van der Waals surface area contributed by atoms with Gasteiger partial charge in [-0.25, -0.2) is 8.78 Å². The molecule has 3 nitrogen and oxygen atoms in total. The van der Waals surface area contributed by atoms with Gasteiger partial charge in [0.2, 0.25) is 0 Å². The predicted octanol–water partition coefficient (Wildman–Crippen LogP) is 2.95. The smallest absolute Gasteiger partial charge is 0.330 e. The van der Waals surface area contributed by atoms with Crippen LogP contribution in [0.15, 0.2) is 18.2 Å². The molecular formula is C13H16F4O3. The Labute approximate surface area is 114 Å². The van der Waals surface area contributed by atoms with Crippen molar-refractivity contribution in [3.05, 3.63) is 29.3 Å². The molecule has 0 radical (unpaired) electrons. The largest absolute Gasteiger partial charge is 0.497 e. The summed E-state index contributed by atoms with van der Waals surface area (Å²) < 4.78 is 58.5. The van der Waals surface area contributed by atoms with Gasteiger partial charge in [0.1, 0.15) is 18.5 Å². The van der Waals surface area contributed by atoms with E-state index in [4.69, 9.17) is 4.74 Å². The van der Waals surface area contributed by atoms with E-state index < -0.39 is 31.7 Å². The van der Waals surface area contributed by atoms with Crippen molar-refractivity contribution >= 4 is 0 Å². The SMILES string of the molecule is COc1ccc(C(O)COCC(F)(F)C(F)F)c(C)c1.